The van der Waals surface area contributed by atoms with Gasteiger partial charge in [0.05, 0.1) is 0 Å². The molecule has 3 heteroatoms. The van der Waals surface area contributed by atoms with Crippen molar-refractivity contribution in [1.29, 1.82) is 0 Å². The minimum absolute atomic E-state index is 0.355. The zero-order chi connectivity index (χ0) is 11.9. The quantitative estimate of drug-likeness (QED) is 0.761. The number of hydrogen-bond acceptors (Lipinski definition) is 2. The van der Waals surface area contributed by atoms with Gasteiger partial charge in [0.25, 0.3) is 0 Å². The highest BCUT2D eigenvalue weighted by Crippen LogP contribution is 2.58. The molecule has 2 atom stereocenters. The second kappa shape index (κ2) is 3.70. The maximum absolute atomic E-state index is 12.0. The normalized spacial score (nSPS) is 25.4. The largest absolute Gasteiger partial charge is 0.227 e. The highest BCUT2D eigenvalue weighted by Gasteiger charge is 2.58. The van der Waals surface area contributed by atoms with Gasteiger partial charge < -0.3 is 0 Å². The van der Waals surface area contributed by atoms with E-state index in [2.05, 4.69) is 0 Å². The van der Waals surface area contributed by atoms with E-state index >= 15 is 0 Å². The van der Waals surface area contributed by atoms with E-state index < -0.39 is 9.84 Å². The average Bonchev–Trinajstić information content (AvgIpc) is 2.94. The number of benzene rings is 2. The van der Waals surface area contributed by atoms with Crippen LogP contribution in [0.1, 0.15) is 21.6 Å². The Labute approximate surface area is 101 Å². The standard InChI is InChI=1S/C14H12O2S/c15-17(16)13(11-7-3-1-4-8-11)14(17)12-9-5-2-6-10-12/h1-10,13-14H/t13-,14-/m0/s1. The van der Waals surface area contributed by atoms with Gasteiger partial charge in [-0.05, 0) is 11.1 Å². The molecule has 3 rings (SSSR count). The molecule has 1 heterocycles. The van der Waals surface area contributed by atoms with Crippen LogP contribution in [0.25, 0.3) is 0 Å². The summed E-state index contributed by atoms with van der Waals surface area (Å²) < 4.78 is 24.0. The second-order valence-corrected chi connectivity index (χ2v) is 6.45. The molecule has 1 fully saturated rings. The molecule has 0 radical (unpaired) electrons. The summed E-state index contributed by atoms with van der Waals surface area (Å²) in [7, 11) is -3.00. The maximum atomic E-state index is 12.0. The summed E-state index contributed by atoms with van der Waals surface area (Å²) in [6.07, 6.45) is 0. The van der Waals surface area contributed by atoms with Gasteiger partial charge >= 0.3 is 0 Å². The minimum Gasteiger partial charge on any atom is -0.227 e. The van der Waals surface area contributed by atoms with Gasteiger partial charge in [-0.2, -0.15) is 0 Å². The lowest BCUT2D eigenvalue weighted by Gasteiger charge is -1.96. The van der Waals surface area contributed by atoms with Gasteiger partial charge in [0.15, 0.2) is 9.84 Å². The van der Waals surface area contributed by atoms with Crippen LogP contribution in [0.4, 0.5) is 0 Å². The van der Waals surface area contributed by atoms with Crippen molar-refractivity contribution in [2.75, 3.05) is 0 Å². The van der Waals surface area contributed by atoms with Crippen molar-refractivity contribution in [3.63, 3.8) is 0 Å². The second-order valence-electron chi connectivity index (χ2n) is 4.25. The summed E-state index contributed by atoms with van der Waals surface area (Å²) in [6.45, 7) is 0. The first-order valence-corrected chi connectivity index (χ1v) is 7.15. The third-order valence-corrected chi connectivity index (χ3v) is 5.35. The summed E-state index contributed by atoms with van der Waals surface area (Å²) in [5, 5.41) is -0.711. The van der Waals surface area contributed by atoms with Crippen molar-refractivity contribution in [2.24, 2.45) is 0 Å². The zero-order valence-electron chi connectivity index (χ0n) is 9.15. The molecule has 0 unspecified atom stereocenters. The van der Waals surface area contributed by atoms with E-state index in [4.69, 9.17) is 0 Å². The fourth-order valence-electron chi connectivity index (χ4n) is 2.28. The van der Waals surface area contributed by atoms with Crippen LogP contribution in [-0.4, -0.2) is 8.42 Å². The van der Waals surface area contributed by atoms with Crippen molar-refractivity contribution in [1.82, 2.24) is 0 Å². The smallest absolute Gasteiger partial charge is 0.167 e. The molecule has 0 aliphatic carbocycles. The summed E-state index contributed by atoms with van der Waals surface area (Å²) in [5.74, 6) is 0. The molecule has 1 saturated heterocycles. The molecule has 17 heavy (non-hydrogen) atoms. The molecular weight excluding hydrogens is 232 g/mol. The Hall–Kier alpha value is -1.61. The van der Waals surface area contributed by atoms with Gasteiger partial charge in [0, 0.05) is 0 Å². The molecule has 0 saturated carbocycles. The van der Waals surface area contributed by atoms with E-state index in [-0.39, 0.29) is 10.5 Å². The van der Waals surface area contributed by atoms with Crippen molar-refractivity contribution in [3.05, 3.63) is 71.8 Å². The van der Waals surface area contributed by atoms with E-state index in [0.717, 1.165) is 11.1 Å². The maximum Gasteiger partial charge on any atom is 0.167 e. The predicted octanol–water partition coefficient (Wildman–Crippen LogP) is 2.90. The molecule has 2 aromatic carbocycles. The van der Waals surface area contributed by atoms with Crippen molar-refractivity contribution >= 4 is 9.84 Å². The van der Waals surface area contributed by atoms with E-state index in [1.165, 1.54) is 0 Å². The SMILES string of the molecule is O=S1(=O)[C@@H](c2ccccc2)[C@@H]1c1ccccc1. The Morgan fingerprint density at radius 3 is 1.35 bits per heavy atom. The molecular formula is C14H12O2S. The molecule has 0 aromatic heterocycles. The van der Waals surface area contributed by atoms with Gasteiger partial charge in [-0.1, -0.05) is 60.7 Å². The summed E-state index contributed by atoms with van der Waals surface area (Å²) in [4.78, 5) is 0. The minimum atomic E-state index is -3.00. The van der Waals surface area contributed by atoms with Gasteiger partial charge in [-0.15, -0.1) is 0 Å². The first-order chi connectivity index (χ1) is 8.21. The third kappa shape index (κ3) is 1.67. The molecule has 1 aliphatic heterocycles. The monoisotopic (exact) mass is 244 g/mol. The Balaban J connectivity index is 2.01. The van der Waals surface area contributed by atoms with E-state index in [0.29, 0.717) is 0 Å². The van der Waals surface area contributed by atoms with Crippen molar-refractivity contribution < 1.29 is 8.42 Å². The van der Waals surface area contributed by atoms with E-state index in [1.807, 2.05) is 60.7 Å². The lowest BCUT2D eigenvalue weighted by atomic mass is 10.0. The van der Waals surface area contributed by atoms with Crippen LogP contribution in [0.15, 0.2) is 60.7 Å². The zero-order valence-corrected chi connectivity index (χ0v) is 9.97. The van der Waals surface area contributed by atoms with Gasteiger partial charge in [-0.3, -0.25) is 0 Å². The van der Waals surface area contributed by atoms with E-state index in [9.17, 15) is 8.42 Å². The Morgan fingerprint density at radius 2 is 1.00 bits per heavy atom. The van der Waals surface area contributed by atoms with Crippen LogP contribution in [0, 0.1) is 0 Å². The van der Waals surface area contributed by atoms with Crippen LogP contribution >= 0.6 is 0 Å². The van der Waals surface area contributed by atoms with Crippen LogP contribution in [0.5, 0.6) is 0 Å². The molecule has 0 amide bonds. The van der Waals surface area contributed by atoms with Crippen LogP contribution in [0.2, 0.25) is 0 Å². The van der Waals surface area contributed by atoms with Crippen molar-refractivity contribution in [3.8, 4) is 0 Å². The Bertz CT molecular complexity index is 566. The molecule has 2 nitrogen and oxygen atoms in total. The Kier molecular flexibility index (Phi) is 2.30. The highest BCUT2D eigenvalue weighted by atomic mass is 32.2. The number of rotatable bonds is 2. The summed E-state index contributed by atoms with van der Waals surface area (Å²) in [6, 6.07) is 18.8. The first kappa shape index (κ1) is 10.5. The van der Waals surface area contributed by atoms with Crippen LogP contribution in [-0.2, 0) is 9.84 Å². The fourth-order valence-corrected chi connectivity index (χ4v) is 4.48. The fraction of sp³-hybridized carbons (Fsp3) is 0.143. The third-order valence-electron chi connectivity index (χ3n) is 3.16. The molecule has 0 bridgehead atoms. The Morgan fingerprint density at radius 1 is 0.647 bits per heavy atom. The molecule has 0 N–H and O–H groups in total. The number of sulfone groups is 1. The topological polar surface area (TPSA) is 34.1 Å². The van der Waals surface area contributed by atoms with Gasteiger partial charge in [0.2, 0.25) is 0 Å². The van der Waals surface area contributed by atoms with Crippen LogP contribution in [0.3, 0.4) is 0 Å². The molecule has 1 aliphatic rings. The molecule has 2 aromatic rings. The summed E-state index contributed by atoms with van der Waals surface area (Å²) in [5.41, 5.74) is 1.78. The van der Waals surface area contributed by atoms with Crippen molar-refractivity contribution in [2.45, 2.75) is 10.5 Å². The average molecular weight is 244 g/mol. The number of hydrogen-bond donors (Lipinski definition) is 0. The summed E-state index contributed by atoms with van der Waals surface area (Å²) >= 11 is 0. The first-order valence-electron chi connectivity index (χ1n) is 5.54. The lowest BCUT2D eigenvalue weighted by Crippen LogP contribution is -1.82. The molecule has 86 valence electrons. The lowest BCUT2D eigenvalue weighted by molar-refractivity contribution is 0.611. The van der Waals surface area contributed by atoms with E-state index in [1.54, 1.807) is 0 Å². The highest BCUT2D eigenvalue weighted by molar-refractivity contribution is 7.98. The predicted molar refractivity (Wildman–Crippen MR) is 67.3 cm³/mol. The van der Waals surface area contributed by atoms with Crippen LogP contribution < -0.4 is 0 Å². The van der Waals surface area contributed by atoms with Gasteiger partial charge in [0.1, 0.15) is 10.5 Å². The molecule has 0 spiro atoms. The van der Waals surface area contributed by atoms with Gasteiger partial charge in [-0.25, -0.2) is 8.42 Å².